The van der Waals surface area contributed by atoms with E-state index in [1.165, 1.54) is 4.90 Å². The van der Waals surface area contributed by atoms with Gasteiger partial charge in [-0.3, -0.25) is 14.5 Å². The number of amides is 2. The van der Waals surface area contributed by atoms with E-state index in [1.54, 1.807) is 11.8 Å². The monoisotopic (exact) mass is 215 g/mol. The van der Waals surface area contributed by atoms with Crippen LogP contribution in [-0.2, 0) is 9.59 Å². The van der Waals surface area contributed by atoms with E-state index in [0.717, 1.165) is 12.2 Å². The Morgan fingerprint density at radius 3 is 2.50 bits per heavy atom. The normalized spacial score (nSPS) is 20.6. The van der Waals surface area contributed by atoms with E-state index in [9.17, 15) is 9.59 Å². The van der Waals surface area contributed by atoms with Crippen LogP contribution >= 0.6 is 11.8 Å². The summed E-state index contributed by atoms with van der Waals surface area (Å²) >= 11 is 1.74. The lowest BCUT2D eigenvalue weighted by molar-refractivity contribution is -0.140. The van der Waals surface area contributed by atoms with Gasteiger partial charge in [0.15, 0.2) is 0 Å². The topological polar surface area (TPSA) is 37.4 Å². The lowest BCUT2D eigenvalue weighted by Crippen LogP contribution is -2.34. The highest BCUT2D eigenvalue weighted by Gasteiger charge is 2.44. The van der Waals surface area contributed by atoms with Crippen LogP contribution in [0.25, 0.3) is 0 Å². The number of nitrogens with zero attached hydrogens (tertiary/aromatic N) is 1. The number of thioether (sulfide) groups is 1. The van der Waals surface area contributed by atoms with E-state index in [4.69, 9.17) is 0 Å². The molecule has 0 unspecified atom stereocenters. The number of hydrogen-bond donors (Lipinski definition) is 0. The molecular formula is C10H17NO2S. The molecule has 0 aromatic carbocycles. The molecule has 0 atom stereocenters. The van der Waals surface area contributed by atoms with Crippen molar-refractivity contribution in [2.45, 2.75) is 26.7 Å². The third-order valence-electron chi connectivity index (χ3n) is 2.45. The molecule has 0 aromatic heterocycles. The Morgan fingerprint density at radius 2 is 2.07 bits per heavy atom. The molecule has 0 N–H and O–H groups in total. The van der Waals surface area contributed by atoms with Crippen LogP contribution in [0.5, 0.6) is 0 Å². The Hall–Kier alpha value is -0.510. The van der Waals surface area contributed by atoms with Gasteiger partial charge in [-0.05, 0) is 18.4 Å². The summed E-state index contributed by atoms with van der Waals surface area (Å²) in [6.45, 7) is 4.26. The fourth-order valence-corrected chi connectivity index (χ4v) is 2.04. The Kier molecular flexibility index (Phi) is 3.59. The van der Waals surface area contributed by atoms with Crippen molar-refractivity contribution in [3.63, 3.8) is 0 Å². The highest BCUT2D eigenvalue weighted by Crippen LogP contribution is 2.31. The maximum Gasteiger partial charge on any atom is 0.235 e. The molecule has 1 fully saturated rings. The summed E-state index contributed by atoms with van der Waals surface area (Å²) in [5, 5.41) is 0. The van der Waals surface area contributed by atoms with Crippen molar-refractivity contribution in [1.29, 1.82) is 0 Å². The molecule has 3 nitrogen and oxygen atoms in total. The number of hydrogen-bond acceptors (Lipinski definition) is 3. The van der Waals surface area contributed by atoms with Crippen molar-refractivity contribution >= 4 is 23.6 Å². The van der Waals surface area contributed by atoms with Gasteiger partial charge in [0, 0.05) is 13.0 Å². The lowest BCUT2D eigenvalue weighted by atomic mass is 9.92. The summed E-state index contributed by atoms with van der Waals surface area (Å²) < 4.78 is 0. The first kappa shape index (κ1) is 11.6. The molecule has 0 saturated carbocycles. The van der Waals surface area contributed by atoms with Crippen LogP contribution in [0.1, 0.15) is 26.7 Å². The van der Waals surface area contributed by atoms with Crippen molar-refractivity contribution in [2.24, 2.45) is 5.41 Å². The summed E-state index contributed by atoms with van der Waals surface area (Å²) in [5.41, 5.74) is -0.476. The summed E-state index contributed by atoms with van der Waals surface area (Å²) in [6, 6.07) is 0. The van der Waals surface area contributed by atoms with Crippen molar-refractivity contribution in [2.75, 3.05) is 18.6 Å². The third kappa shape index (κ3) is 2.29. The van der Waals surface area contributed by atoms with Crippen molar-refractivity contribution in [1.82, 2.24) is 4.90 Å². The smallest absolute Gasteiger partial charge is 0.235 e. The van der Waals surface area contributed by atoms with Gasteiger partial charge in [0.05, 0.1) is 5.41 Å². The molecule has 1 saturated heterocycles. The molecule has 0 aromatic rings. The molecule has 0 spiro atoms. The van der Waals surface area contributed by atoms with Crippen LogP contribution in [0.2, 0.25) is 0 Å². The second-order valence-corrected chi connectivity index (χ2v) is 5.24. The number of imide groups is 1. The molecule has 1 rings (SSSR count). The Labute approximate surface area is 89.2 Å². The lowest BCUT2D eigenvalue weighted by Gasteiger charge is -2.17. The van der Waals surface area contributed by atoms with Crippen LogP contribution in [-0.4, -0.2) is 35.3 Å². The average molecular weight is 215 g/mol. The highest BCUT2D eigenvalue weighted by molar-refractivity contribution is 7.98. The molecule has 4 heteroatoms. The SMILES string of the molecule is CSCCCN1C(=O)CC(C)(C)C1=O. The second-order valence-electron chi connectivity index (χ2n) is 4.26. The second kappa shape index (κ2) is 4.34. The van der Waals surface area contributed by atoms with E-state index < -0.39 is 5.41 Å². The first-order valence-electron chi connectivity index (χ1n) is 4.83. The molecule has 80 valence electrons. The molecule has 14 heavy (non-hydrogen) atoms. The van der Waals surface area contributed by atoms with Gasteiger partial charge < -0.3 is 0 Å². The van der Waals surface area contributed by atoms with Crippen LogP contribution in [0.3, 0.4) is 0 Å². The van der Waals surface area contributed by atoms with Gasteiger partial charge in [-0.2, -0.15) is 11.8 Å². The van der Waals surface area contributed by atoms with Crippen molar-refractivity contribution in [3.05, 3.63) is 0 Å². The molecule has 2 amide bonds. The maximum absolute atomic E-state index is 11.7. The first-order valence-corrected chi connectivity index (χ1v) is 6.22. The van der Waals surface area contributed by atoms with E-state index in [1.807, 2.05) is 20.1 Å². The zero-order valence-corrected chi connectivity index (χ0v) is 9.82. The average Bonchev–Trinajstić information content (AvgIpc) is 2.27. The minimum atomic E-state index is -0.476. The number of rotatable bonds is 4. The molecule has 1 aliphatic rings. The summed E-state index contributed by atoms with van der Waals surface area (Å²) in [5.74, 6) is 0.974. The van der Waals surface area contributed by atoms with Crippen LogP contribution in [0.4, 0.5) is 0 Å². The number of likely N-dealkylation sites (tertiary alicyclic amines) is 1. The van der Waals surface area contributed by atoms with Gasteiger partial charge >= 0.3 is 0 Å². The van der Waals surface area contributed by atoms with Crippen molar-refractivity contribution < 1.29 is 9.59 Å². The predicted octanol–water partition coefficient (Wildman–Crippen LogP) is 1.52. The van der Waals surface area contributed by atoms with Gasteiger partial charge in [-0.15, -0.1) is 0 Å². The minimum Gasteiger partial charge on any atom is -0.282 e. The van der Waals surface area contributed by atoms with Crippen LogP contribution in [0, 0.1) is 5.41 Å². The van der Waals surface area contributed by atoms with Crippen LogP contribution in [0.15, 0.2) is 0 Å². The van der Waals surface area contributed by atoms with E-state index in [2.05, 4.69) is 0 Å². The first-order chi connectivity index (χ1) is 6.49. The molecule has 0 bridgehead atoms. The third-order valence-corrected chi connectivity index (χ3v) is 3.15. The highest BCUT2D eigenvalue weighted by atomic mass is 32.2. The number of carbonyl (C=O) groups is 2. The summed E-state index contributed by atoms with van der Waals surface area (Å²) in [4.78, 5) is 24.6. The zero-order chi connectivity index (χ0) is 10.8. The summed E-state index contributed by atoms with van der Waals surface area (Å²) in [6.07, 6.45) is 3.29. The van der Waals surface area contributed by atoms with Crippen LogP contribution < -0.4 is 0 Å². The molecule has 1 aliphatic heterocycles. The maximum atomic E-state index is 11.7. The minimum absolute atomic E-state index is 0.0106. The van der Waals surface area contributed by atoms with E-state index >= 15 is 0 Å². The standard InChI is InChI=1S/C10H17NO2S/c1-10(2)7-8(12)11(9(10)13)5-4-6-14-3/h4-7H2,1-3H3. The zero-order valence-electron chi connectivity index (χ0n) is 9.00. The predicted molar refractivity (Wildman–Crippen MR) is 58.1 cm³/mol. The number of carbonyl (C=O) groups excluding carboxylic acids is 2. The Balaban J connectivity index is 2.53. The molecule has 1 heterocycles. The van der Waals surface area contributed by atoms with Gasteiger partial charge in [-0.25, -0.2) is 0 Å². The fourth-order valence-electron chi connectivity index (χ4n) is 1.62. The van der Waals surface area contributed by atoms with Gasteiger partial charge in [0.2, 0.25) is 11.8 Å². The van der Waals surface area contributed by atoms with E-state index in [0.29, 0.717) is 13.0 Å². The Morgan fingerprint density at radius 1 is 1.43 bits per heavy atom. The van der Waals surface area contributed by atoms with Gasteiger partial charge in [0.1, 0.15) is 0 Å². The molecular weight excluding hydrogens is 198 g/mol. The molecule has 0 radical (unpaired) electrons. The van der Waals surface area contributed by atoms with Gasteiger partial charge in [-0.1, -0.05) is 13.8 Å². The van der Waals surface area contributed by atoms with E-state index in [-0.39, 0.29) is 11.8 Å². The fraction of sp³-hybridized carbons (Fsp3) is 0.800. The quantitative estimate of drug-likeness (QED) is 0.527. The summed E-state index contributed by atoms with van der Waals surface area (Å²) in [7, 11) is 0. The molecule has 0 aliphatic carbocycles. The largest absolute Gasteiger partial charge is 0.282 e. The Bertz CT molecular complexity index is 251. The van der Waals surface area contributed by atoms with Crippen molar-refractivity contribution in [3.8, 4) is 0 Å². The van der Waals surface area contributed by atoms with Gasteiger partial charge in [0.25, 0.3) is 0 Å².